The first kappa shape index (κ1) is 23.4. The Kier molecular flexibility index (Phi) is 8.31. The normalized spacial score (nSPS) is 20.5. The molecule has 1 aliphatic carbocycles. The van der Waals surface area contributed by atoms with E-state index in [2.05, 4.69) is 10.6 Å². The molecule has 0 aromatic rings. The van der Waals surface area contributed by atoms with Crippen LogP contribution in [0.25, 0.3) is 0 Å². The van der Waals surface area contributed by atoms with Gasteiger partial charge >= 0.3 is 6.09 Å². The summed E-state index contributed by atoms with van der Waals surface area (Å²) < 4.78 is 5.36. The summed E-state index contributed by atoms with van der Waals surface area (Å²) in [5, 5.41) is 6.24. The van der Waals surface area contributed by atoms with E-state index in [0.29, 0.717) is 13.1 Å². The van der Waals surface area contributed by atoms with Crippen molar-refractivity contribution in [2.45, 2.75) is 77.5 Å². The summed E-state index contributed by atoms with van der Waals surface area (Å²) in [6.07, 6.45) is 4.68. The van der Waals surface area contributed by atoms with Crippen LogP contribution in [0.4, 0.5) is 4.79 Å². The van der Waals surface area contributed by atoms with E-state index in [1.165, 1.54) is 11.3 Å². The van der Waals surface area contributed by atoms with Gasteiger partial charge in [0.15, 0.2) is 0 Å². The third-order valence-corrected chi connectivity index (χ3v) is 5.76. The van der Waals surface area contributed by atoms with Gasteiger partial charge in [0.05, 0.1) is 0 Å². The molecular weight excluding hydrogens is 372 g/mol. The number of hydrogen-bond donors (Lipinski definition) is 2. The highest BCUT2D eigenvalue weighted by Crippen LogP contribution is 2.27. The maximum absolute atomic E-state index is 13.2. The molecule has 2 N–H and O–H groups in total. The van der Waals surface area contributed by atoms with Gasteiger partial charge in [0.2, 0.25) is 11.8 Å². The van der Waals surface area contributed by atoms with Crippen molar-refractivity contribution in [2.75, 3.05) is 33.2 Å². The molecule has 1 aliphatic heterocycles. The number of ether oxygens (including phenoxy) is 1. The second-order valence-corrected chi connectivity index (χ2v) is 9.23. The molecular formula is C21H38N4O4. The van der Waals surface area contributed by atoms with Crippen molar-refractivity contribution in [2.24, 2.45) is 5.92 Å². The minimum Gasteiger partial charge on any atom is -0.444 e. The summed E-state index contributed by atoms with van der Waals surface area (Å²) >= 11 is 0. The molecule has 0 bridgehead atoms. The fourth-order valence-electron chi connectivity index (χ4n) is 3.87. The fourth-order valence-corrected chi connectivity index (χ4v) is 3.87. The largest absolute Gasteiger partial charge is 0.444 e. The first-order valence-electron chi connectivity index (χ1n) is 10.9. The zero-order valence-corrected chi connectivity index (χ0v) is 18.6. The van der Waals surface area contributed by atoms with Crippen molar-refractivity contribution in [3.8, 4) is 0 Å². The zero-order chi connectivity index (χ0) is 21.6. The van der Waals surface area contributed by atoms with Gasteiger partial charge in [-0.25, -0.2) is 4.79 Å². The molecule has 2 rings (SSSR count). The Hall–Kier alpha value is -1.83. The molecule has 2 fully saturated rings. The Morgan fingerprint density at radius 2 is 1.69 bits per heavy atom. The number of carbonyl (C=O) groups excluding carboxylic acids is 3. The van der Waals surface area contributed by atoms with Crippen LogP contribution in [0, 0.1) is 5.92 Å². The molecule has 2 atom stereocenters. The topological polar surface area (TPSA) is 91.0 Å². The maximum Gasteiger partial charge on any atom is 0.410 e. The highest BCUT2D eigenvalue weighted by atomic mass is 16.6. The van der Waals surface area contributed by atoms with Gasteiger partial charge in [0.25, 0.3) is 0 Å². The lowest BCUT2D eigenvalue weighted by Crippen LogP contribution is -2.59. The average Bonchev–Trinajstić information content (AvgIpc) is 2.70. The SMILES string of the molecule is C[C@@H](C(=O)N[C@H](C(=O)N1CCNCC1)C1CCCCC1)N(C)C(=O)OC(C)(C)C. The molecule has 0 aromatic heterocycles. The van der Waals surface area contributed by atoms with Gasteiger partial charge in [-0.3, -0.25) is 14.5 Å². The highest BCUT2D eigenvalue weighted by Gasteiger charge is 2.36. The van der Waals surface area contributed by atoms with Gasteiger partial charge < -0.3 is 20.3 Å². The van der Waals surface area contributed by atoms with E-state index in [9.17, 15) is 14.4 Å². The number of likely N-dealkylation sites (N-methyl/N-ethyl adjacent to an activating group) is 1. The van der Waals surface area contributed by atoms with E-state index in [0.717, 1.165) is 38.8 Å². The quantitative estimate of drug-likeness (QED) is 0.720. The lowest BCUT2D eigenvalue weighted by Gasteiger charge is -2.37. The van der Waals surface area contributed by atoms with Crippen LogP contribution in [0.3, 0.4) is 0 Å². The van der Waals surface area contributed by atoms with Crippen LogP contribution in [-0.4, -0.2) is 78.6 Å². The molecule has 3 amide bonds. The van der Waals surface area contributed by atoms with Crippen LogP contribution >= 0.6 is 0 Å². The predicted molar refractivity (Wildman–Crippen MR) is 111 cm³/mol. The molecule has 8 heteroatoms. The molecule has 0 unspecified atom stereocenters. The molecule has 0 spiro atoms. The van der Waals surface area contributed by atoms with Crippen LogP contribution in [0.2, 0.25) is 0 Å². The van der Waals surface area contributed by atoms with E-state index >= 15 is 0 Å². The van der Waals surface area contributed by atoms with Gasteiger partial charge in [-0.05, 0) is 46.5 Å². The Balaban J connectivity index is 2.06. The van der Waals surface area contributed by atoms with Crippen molar-refractivity contribution in [1.82, 2.24) is 20.4 Å². The van der Waals surface area contributed by atoms with E-state index < -0.39 is 23.8 Å². The first-order valence-corrected chi connectivity index (χ1v) is 10.9. The number of nitrogens with zero attached hydrogens (tertiary/aromatic N) is 2. The number of piperazine rings is 1. The predicted octanol–water partition coefficient (Wildman–Crippen LogP) is 1.74. The van der Waals surface area contributed by atoms with Crippen LogP contribution in [0.5, 0.6) is 0 Å². The lowest BCUT2D eigenvalue weighted by atomic mass is 9.83. The standard InChI is InChI=1S/C21H38N4O4/c1-15(24(5)20(28)29-21(2,3)4)18(26)23-17(16-9-7-6-8-10-16)19(27)25-13-11-22-12-14-25/h15-17,22H,6-14H2,1-5H3,(H,23,26)/t15-,17-/m0/s1. The third kappa shape index (κ3) is 6.87. The number of rotatable bonds is 5. The number of carbonyl (C=O) groups is 3. The minimum absolute atomic E-state index is 0.00105. The van der Waals surface area contributed by atoms with Crippen molar-refractivity contribution in [1.29, 1.82) is 0 Å². The average molecular weight is 411 g/mol. The van der Waals surface area contributed by atoms with Gasteiger partial charge in [0.1, 0.15) is 17.7 Å². The summed E-state index contributed by atoms with van der Waals surface area (Å²) in [7, 11) is 1.55. The number of nitrogens with one attached hydrogen (secondary N) is 2. The Labute approximate surface area is 174 Å². The summed E-state index contributed by atoms with van der Waals surface area (Å²) in [5.41, 5.74) is -0.634. The third-order valence-electron chi connectivity index (χ3n) is 5.76. The van der Waals surface area contributed by atoms with Gasteiger partial charge in [-0.2, -0.15) is 0 Å². The molecule has 0 radical (unpaired) electrons. The van der Waals surface area contributed by atoms with Gasteiger partial charge in [-0.1, -0.05) is 19.3 Å². The molecule has 1 saturated carbocycles. The van der Waals surface area contributed by atoms with E-state index in [1.54, 1.807) is 34.7 Å². The summed E-state index contributed by atoms with van der Waals surface area (Å²) in [6.45, 7) is 9.88. The van der Waals surface area contributed by atoms with Crippen molar-refractivity contribution < 1.29 is 19.1 Å². The number of hydrogen-bond acceptors (Lipinski definition) is 5. The molecule has 166 valence electrons. The van der Waals surface area contributed by atoms with Gasteiger partial charge in [-0.15, -0.1) is 0 Å². The van der Waals surface area contributed by atoms with Crippen molar-refractivity contribution in [3.05, 3.63) is 0 Å². The lowest BCUT2D eigenvalue weighted by molar-refractivity contribution is -0.139. The van der Waals surface area contributed by atoms with Crippen LogP contribution in [0.1, 0.15) is 59.8 Å². The van der Waals surface area contributed by atoms with Crippen LogP contribution < -0.4 is 10.6 Å². The molecule has 1 heterocycles. The second kappa shape index (κ2) is 10.3. The minimum atomic E-state index is -0.730. The monoisotopic (exact) mass is 410 g/mol. The number of amides is 3. The summed E-state index contributed by atoms with van der Waals surface area (Å²) in [6, 6.07) is -1.26. The van der Waals surface area contributed by atoms with Crippen molar-refractivity contribution >= 4 is 17.9 Å². The van der Waals surface area contributed by atoms with E-state index in [-0.39, 0.29) is 17.7 Å². The first-order chi connectivity index (χ1) is 13.6. The summed E-state index contributed by atoms with van der Waals surface area (Å²) in [4.78, 5) is 41.6. The molecule has 1 saturated heterocycles. The van der Waals surface area contributed by atoms with Crippen LogP contribution in [-0.2, 0) is 14.3 Å². The van der Waals surface area contributed by atoms with Crippen molar-refractivity contribution in [3.63, 3.8) is 0 Å². The van der Waals surface area contributed by atoms with Crippen LogP contribution in [0.15, 0.2) is 0 Å². The maximum atomic E-state index is 13.2. The Morgan fingerprint density at radius 3 is 2.24 bits per heavy atom. The highest BCUT2D eigenvalue weighted by molar-refractivity contribution is 5.91. The van der Waals surface area contributed by atoms with E-state index in [1.807, 2.05) is 4.90 Å². The molecule has 29 heavy (non-hydrogen) atoms. The molecule has 8 nitrogen and oxygen atoms in total. The van der Waals surface area contributed by atoms with Gasteiger partial charge in [0, 0.05) is 33.2 Å². The zero-order valence-electron chi connectivity index (χ0n) is 18.6. The summed E-state index contributed by atoms with van der Waals surface area (Å²) in [5.74, 6) is -0.176. The van der Waals surface area contributed by atoms with E-state index in [4.69, 9.17) is 4.74 Å². The molecule has 0 aromatic carbocycles. The Morgan fingerprint density at radius 1 is 1.10 bits per heavy atom. The molecule has 2 aliphatic rings. The fraction of sp³-hybridized carbons (Fsp3) is 0.857. The smallest absolute Gasteiger partial charge is 0.410 e. The Bertz CT molecular complexity index is 578. The second-order valence-electron chi connectivity index (χ2n) is 9.23.